The van der Waals surface area contributed by atoms with E-state index in [0.29, 0.717) is 6.42 Å². The van der Waals surface area contributed by atoms with Crippen molar-refractivity contribution in [3.63, 3.8) is 0 Å². The highest BCUT2D eigenvalue weighted by Gasteiger charge is 2.37. The molecule has 0 bridgehead atoms. The fourth-order valence-corrected chi connectivity index (χ4v) is 2.42. The number of nitrogens with two attached hydrogens (primary N) is 1. The third-order valence-corrected chi connectivity index (χ3v) is 3.34. The first-order valence-electron chi connectivity index (χ1n) is 5.72. The first-order chi connectivity index (χ1) is 8.09. The average Bonchev–Trinajstić information content (AvgIpc) is 2.58. The molecule has 90 valence electrons. The molecule has 2 N–H and O–H groups in total. The minimum Gasteiger partial charge on any atom is -0.368 e. The fraction of sp³-hybridized carbons (Fsp3) is 0.385. The van der Waals surface area contributed by atoms with Crippen molar-refractivity contribution in [2.45, 2.75) is 25.3 Å². The largest absolute Gasteiger partial charge is 0.368 e. The van der Waals surface area contributed by atoms with Gasteiger partial charge in [-0.15, -0.1) is 0 Å². The highest BCUT2D eigenvalue weighted by Crippen LogP contribution is 2.33. The number of carbonyl (C=O) groups excluding carboxylic acids is 2. The van der Waals surface area contributed by atoms with Crippen molar-refractivity contribution in [3.05, 3.63) is 35.9 Å². The van der Waals surface area contributed by atoms with E-state index in [-0.39, 0.29) is 24.4 Å². The van der Waals surface area contributed by atoms with Crippen LogP contribution >= 0.6 is 0 Å². The zero-order valence-electron chi connectivity index (χ0n) is 9.80. The van der Waals surface area contributed by atoms with Gasteiger partial charge in [-0.3, -0.25) is 9.59 Å². The predicted octanol–water partition coefficient (Wildman–Crippen LogP) is 0.876. The van der Waals surface area contributed by atoms with Crippen LogP contribution in [0.3, 0.4) is 0 Å². The number of primary amides is 1. The summed E-state index contributed by atoms with van der Waals surface area (Å²) < 4.78 is 0. The Labute approximate surface area is 100 Å². The van der Waals surface area contributed by atoms with E-state index in [1.165, 1.54) is 0 Å². The summed E-state index contributed by atoms with van der Waals surface area (Å²) in [5.41, 5.74) is 6.29. The Morgan fingerprint density at radius 2 is 2.06 bits per heavy atom. The summed E-state index contributed by atoms with van der Waals surface area (Å²) >= 11 is 0. The third kappa shape index (κ3) is 2.30. The maximum atomic E-state index is 11.8. The van der Waals surface area contributed by atoms with Crippen molar-refractivity contribution in [3.8, 4) is 0 Å². The summed E-state index contributed by atoms with van der Waals surface area (Å²) in [4.78, 5) is 24.3. The van der Waals surface area contributed by atoms with Crippen LogP contribution in [0.4, 0.5) is 0 Å². The van der Waals surface area contributed by atoms with E-state index in [1.807, 2.05) is 37.3 Å². The quantitative estimate of drug-likeness (QED) is 0.840. The van der Waals surface area contributed by atoms with Crippen LogP contribution in [-0.2, 0) is 9.59 Å². The van der Waals surface area contributed by atoms with Gasteiger partial charge in [-0.1, -0.05) is 30.3 Å². The normalized spacial score (nSPS) is 24.1. The lowest BCUT2D eigenvalue weighted by Crippen LogP contribution is -2.39. The molecule has 17 heavy (non-hydrogen) atoms. The number of carbonyl (C=O) groups is 2. The van der Waals surface area contributed by atoms with Gasteiger partial charge in [0, 0.05) is 18.4 Å². The van der Waals surface area contributed by atoms with E-state index in [9.17, 15) is 9.59 Å². The van der Waals surface area contributed by atoms with E-state index in [0.717, 1.165) is 5.56 Å². The highest BCUT2D eigenvalue weighted by atomic mass is 16.2. The van der Waals surface area contributed by atoms with E-state index < -0.39 is 5.91 Å². The Hall–Kier alpha value is -1.84. The van der Waals surface area contributed by atoms with Gasteiger partial charge in [-0.05, 0) is 12.5 Å². The number of hydrogen-bond acceptors (Lipinski definition) is 2. The number of likely N-dealkylation sites (tertiary alicyclic amines) is 1. The highest BCUT2D eigenvalue weighted by molar-refractivity contribution is 5.86. The van der Waals surface area contributed by atoms with Gasteiger partial charge in [0.2, 0.25) is 11.8 Å². The standard InChI is InChI=1S/C13H16N2O2/c1-9-11(10-5-3-2-4-6-10)7-13(17)15(9)8-12(14)16/h2-6,9,11H,7-8H2,1H3,(H2,14,16)/t9-,11+/m1/s1. The molecule has 2 rings (SSSR count). The van der Waals surface area contributed by atoms with Gasteiger partial charge in [0.25, 0.3) is 0 Å². The Bertz CT molecular complexity index is 430. The Morgan fingerprint density at radius 3 is 2.65 bits per heavy atom. The molecular formula is C13H16N2O2. The van der Waals surface area contributed by atoms with E-state index in [2.05, 4.69) is 0 Å². The maximum Gasteiger partial charge on any atom is 0.237 e. The number of benzene rings is 1. The van der Waals surface area contributed by atoms with Gasteiger partial charge in [0.1, 0.15) is 0 Å². The van der Waals surface area contributed by atoms with Crippen molar-refractivity contribution in [1.29, 1.82) is 0 Å². The van der Waals surface area contributed by atoms with Gasteiger partial charge in [-0.2, -0.15) is 0 Å². The van der Waals surface area contributed by atoms with Gasteiger partial charge in [-0.25, -0.2) is 0 Å². The first-order valence-corrected chi connectivity index (χ1v) is 5.72. The van der Waals surface area contributed by atoms with E-state index >= 15 is 0 Å². The van der Waals surface area contributed by atoms with Crippen molar-refractivity contribution >= 4 is 11.8 Å². The molecule has 0 saturated carbocycles. The second-order valence-electron chi connectivity index (χ2n) is 4.45. The number of hydrogen-bond donors (Lipinski definition) is 1. The molecule has 0 unspecified atom stereocenters. The van der Waals surface area contributed by atoms with Gasteiger partial charge >= 0.3 is 0 Å². The molecular weight excluding hydrogens is 216 g/mol. The predicted molar refractivity (Wildman–Crippen MR) is 64.2 cm³/mol. The zero-order chi connectivity index (χ0) is 12.4. The molecule has 1 aromatic carbocycles. The summed E-state index contributed by atoms with van der Waals surface area (Å²) in [6, 6.07) is 9.93. The molecule has 0 aliphatic carbocycles. The van der Waals surface area contributed by atoms with Crippen LogP contribution in [0.5, 0.6) is 0 Å². The Balaban J connectivity index is 2.18. The zero-order valence-corrected chi connectivity index (χ0v) is 9.80. The average molecular weight is 232 g/mol. The SMILES string of the molecule is C[C@@H]1[C@@H](c2ccccc2)CC(=O)N1CC(N)=O. The lowest BCUT2D eigenvalue weighted by atomic mass is 9.93. The summed E-state index contributed by atoms with van der Waals surface area (Å²) in [7, 11) is 0. The van der Waals surface area contributed by atoms with Gasteiger partial charge < -0.3 is 10.6 Å². The fourth-order valence-electron chi connectivity index (χ4n) is 2.42. The molecule has 1 fully saturated rings. The molecule has 1 heterocycles. The number of rotatable bonds is 3. The van der Waals surface area contributed by atoms with Crippen LogP contribution in [-0.4, -0.2) is 29.3 Å². The van der Waals surface area contributed by atoms with Crippen LogP contribution in [0.25, 0.3) is 0 Å². The maximum absolute atomic E-state index is 11.8. The molecule has 0 radical (unpaired) electrons. The minimum absolute atomic E-state index is 0.00477. The molecule has 1 aliphatic heterocycles. The summed E-state index contributed by atoms with van der Waals surface area (Å²) in [6.07, 6.45) is 0.457. The molecule has 1 aliphatic rings. The monoisotopic (exact) mass is 232 g/mol. The lowest BCUT2D eigenvalue weighted by Gasteiger charge is -2.23. The van der Waals surface area contributed by atoms with Crippen molar-refractivity contribution in [2.24, 2.45) is 5.73 Å². The van der Waals surface area contributed by atoms with Crippen LogP contribution in [0.2, 0.25) is 0 Å². The van der Waals surface area contributed by atoms with Crippen molar-refractivity contribution < 1.29 is 9.59 Å². The molecule has 1 aromatic rings. The molecule has 2 amide bonds. The van der Waals surface area contributed by atoms with Crippen LogP contribution < -0.4 is 5.73 Å². The van der Waals surface area contributed by atoms with Crippen molar-refractivity contribution in [1.82, 2.24) is 4.90 Å². The lowest BCUT2D eigenvalue weighted by molar-refractivity contribution is -0.133. The number of nitrogens with zero attached hydrogens (tertiary/aromatic N) is 1. The molecule has 0 spiro atoms. The molecule has 1 saturated heterocycles. The Morgan fingerprint density at radius 1 is 1.41 bits per heavy atom. The van der Waals surface area contributed by atoms with Gasteiger partial charge in [0.15, 0.2) is 0 Å². The van der Waals surface area contributed by atoms with E-state index in [1.54, 1.807) is 4.90 Å². The summed E-state index contributed by atoms with van der Waals surface area (Å²) in [5.74, 6) is -0.299. The smallest absolute Gasteiger partial charge is 0.237 e. The Kier molecular flexibility index (Phi) is 3.13. The van der Waals surface area contributed by atoms with Crippen LogP contribution in [0, 0.1) is 0 Å². The second-order valence-corrected chi connectivity index (χ2v) is 4.45. The molecule has 2 atom stereocenters. The molecule has 0 aromatic heterocycles. The number of amides is 2. The second kappa shape index (κ2) is 4.57. The van der Waals surface area contributed by atoms with Crippen LogP contribution in [0.15, 0.2) is 30.3 Å². The molecule has 4 nitrogen and oxygen atoms in total. The van der Waals surface area contributed by atoms with Crippen molar-refractivity contribution in [2.75, 3.05) is 6.54 Å². The summed E-state index contributed by atoms with van der Waals surface area (Å²) in [6.45, 7) is 1.98. The van der Waals surface area contributed by atoms with Crippen LogP contribution in [0.1, 0.15) is 24.8 Å². The summed E-state index contributed by atoms with van der Waals surface area (Å²) in [5, 5.41) is 0. The minimum atomic E-state index is -0.459. The topological polar surface area (TPSA) is 63.4 Å². The van der Waals surface area contributed by atoms with E-state index in [4.69, 9.17) is 5.73 Å². The first kappa shape index (κ1) is 11.6. The van der Waals surface area contributed by atoms with Gasteiger partial charge in [0.05, 0.1) is 6.54 Å². The third-order valence-electron chi connectivity index (χ3n) is 3.34. The molecule has 4 heteroatoms.